The van der Waals surface area contributed by atoms with Gasteiger partial charge in [0.2, 0.25) is 0 Å². The Balaban J connectivity index is 2.05. The topological polar surface area (TPSA) is 26.3 Å². The minimum absolute atomic E-state index is 0.0986. The van der Waals surface area contributed by atoms with Gasteiger partial charge < -0.3 is 4.43 Å². The second-order valence-corrected chi connectivity index (χ2v) is 13.5. The minimum Gasteiger partial charge on any atom is -0.417 e. The zero-order valence-corrected chi connectivity index (χ0v) is 17.8. The average Bonchev–Trinajstić information content (AvgIpc) is 2.84. The molecule has 0 aromatic heterocycles. The summed E-state index contributed by atoms with van der Waals surface area (Å²) in [6, 6.07) is 10.4. The number of carbonyl (C=O) groups is 1. The van der Waals surface area contributed by atoms with Crippen LogP contribution in [0.15, 0.2) is 35.9 Å². The summed E-state index contributed by atoms with van der Waals surface area (Å²) in [5.41, 5.74) is 3.54. The first-order valence-electron chi connectivity index (χ1n) is 9.63. The maximum Gasteiger partial charge on any atom is 0.191 e. The maximum atomic E-state index is 12.9. The van der Waals surface area contributed by atoms with Crippen molar-refractivity contribution in [2.75, 3.05) is 6.61 Å². The summed E-state index contributed by atoms with van der Waals surface area (Å²) < 4.78 is 6.31. The van der Waals surface area contributed by atoms with Crippen molar-refractivity contribution in [3.8, 4) is 0 Å². The van der Waals surface area contributed by atoms with Gasteiger partial charge in [-0.2, -0.15) is 0 Å². The van der Waals surface area contributed by atoms with Gasteiger partial charge in [-0.1, -0.05) is 64.4 Å². The Bertz CT molecular complexity index is 623. The molecule has 2 nitrogen and oxygen atoms in total. The molecular formula is C22H34O2Si. The van der Waals surface area contributed by atoms with Gasteiger partial charge in [0.1, 0.15) is 0 Å². The number of benzene rings is 1. The lowest BCUT2D eigenvalue weighted by molar-refractivity contribution is -0.118. The highest BCUT2D eigenvalue weighted by atomic mass is 28.4. The van der Waals surface area contributed by atoms with Gasteiger partial charge >= 0.3 is 0 Å². The Morgan fingerprint density at radius 2 is 1.80 bits per heavy atom. The van der Waals surface area contributed by atoms with Gasteiger partial charge in [-0.15, -0.1) is 0 Å². The Morgan fingerprint density at radius 3 is 2.36 bits per heavy atom. The van der Waals surface area contributed by atoms with Crippen LogP contribution in [0, 0.1) is 5.92 Å². The molecule has 0 N–H and O–H groups in total. The molecule has 0 fully saturated rings. The highest BCUT2D eigenvalue weighted by Gasteiger charge is 2.38. The summed E-state index contributed by atoms with van der Waals surface area (Å²) in [4.78, 5) is 12.9. The highest BCUT2D eigenvalue weighted by molar-refractivity contribution is 6.74. The Kier molecular flexibility index (Phi) is 6.44. The number of carbonyl (C=O) groups excluding carboxylic acids is 1. The van der Waals surface area contributed by atoms with E-state index in [1.165, 1.54) is 11.1 Å². The van der Waals surface area contributed by atoms with Crippen molar-refractivity contribution in [2.24, 2.45) is 5.92 Å². The van der Waals surface area contributed by atoms with Crippen LogP contribution < -0.4 is 0 Å². The van der Waals surface area contributed by atoms with Gasteiger partial charge in [0.25, 0.3) is 0 Å². The lowest BCUT2D eigenvalue weighted by Gasteiger charge is -2.36. The lowest BCUT2D eigenvalue weighted by atomic mass is 9.98. The molecule has 1 unspecified atom stereocenters. The van der Waals surface area contributed by atoms with E-state index in [2.05, 4.69) is 65.1 Å². The van der Waals surface area contributed by atoms with Crippen LogP contribution >= 0.6 is 0 Å². The molecule has 1 aliphatic rings. The van der Waals surface area contributed by atoms with Crippen LogP contribution in [0.3, 0.4) is 0 Å². The fraction of sp³-hybridized carbons (Fsp3) is 0.591. The zero-order valence-electron chi connectivity index (χ0n) is 16.8. The minimum atomic E-state index is -1.74. The van der Waals surface area contributed by atoms with E-state index in [9.17, 15) is 4.79 Å². The lowest BCUT2D eigenvalue weighted by Crippen LogP contribution is -2.41. The third-order valence-corrected chi connectivity index (χ3v) is 10.4. The first-order valence-corrected chi connectivity index (χ1v) is 12.5. The largest absolute Gasteiger partial charge is 0.417 e. The Labute approximate surface area is 154 Å². The van der Waals surface area contributed by atoms with E-state index < -0.39 is 8.32 Å². The van der Waals surface area contributed by atoms with Crippen LogP contribution in [0.1, 0.15) is 58.9 Å². The van der Waals surface area contributed by atoms with Crippen LogP contribution in [0.25, 0.3) is 5.57 Å². The monoisotopic (exact) mass is 358 g/mol. The standard InChI is InChI=1S/C22H34O2Si/c1-7-11-19-20(17-12-9-8-10-13-17)16-18(21(19)23)14-15-24-25(5,6)22(2,3)4/h8-10,12-13,18H,7,11,14-16H2,1-6H3. The number of Topliss-reactive ketones (excluding diaryl/α,β-unsaturated/α-hetero) is 1. The predicted molar refractivity (Wildman–Crippen MR) is 109 cm³/mol. The van der Waals surface area contributed by atoms with Crippen molar-refractivity contribution >= 4 is 19.7 Å². The van der Waals surface area contributed by atoms with Gasteiger partial charge in [0, 0.05) is 12.5 Å². The van der Waals surface area contributed by atoms with E-state index in [-0.39, 0.29) is 11.0 Å². The van der Waals surface area contributed by atoms with Gasteiger partial charge in [-0.05, 0) is 54.1 Å². The van der Waals surface area contributed by atoms with Crippen molar-refractivity contribution in [3.63, 3.8) is 0 Å². The van der Waals surface area contributed by atoms with Gasteiger partial charge in [0.05, 0.1) is 0 Å². The Morgan fingerprint density at radius 1 is 1.16 bits per heavy atom. The van der Waals surface area contributed by atoms with Crippen LogP contribution in [0.2, 0.25) is 18.1 Å². The molecule has 2 rings (SSSR count). The molecule has 1 aromatic rings. The molecule has 0 saturated heterocycles. The van der Waals surface area contributed by atoms with Crippen molar-refractivity contribution in [1.29, 1.82) is 0 Å². The van der Waals surface area contributed by atoms with Crippen molar-refractivity contribution in [3.05, 3.63) is 41.5 Å². The SMILES string of the molecule is CCCC1=C(c2ccccc2)CC(CCO[Si](C)(C)C(C)(C)C)C1=O. The van der Waals surface area contributed by atoms with Crippen LogP contribution in [0.4, 0.5) is 0 Å². The molecule has 0 aliphatic heterocycles. The quantitative estimate of drug-likeness (QED) is 0.539. The van der Waals surface area contributed by atoms with Crippen LogP contribution in [-0.2, 0) is 9.22 Å². The molecule has 138 valence electrons. The summed E-state index contributed by atoms with van der Waals surface area (Å²) in [5.74, 6) is 0.459. The third-order valence-electron chi connectivity index (χ3n) is 5.84. The fourth-order valence-corrected chi connectivity index (χ4v) is 4.28. The van der Waals surface area contributed by atoms with E-state index in [1.54, 1.807) is 0 Å². The number of rotatable bonds is 7. The molecule has 1 aromatic carbocycles. The van der Waals surface area contributed by atoms with Gasteiger partial charge in [-0.25, -0.2) is 0 Å². The fourth-order valence-electron chi connectivity index (χ4n) is 3.22. The van der Waals surface area contributed by atoms with Gasteiger partial charge in [0.15, 0.2) is 14.1 Å². The molecule has 0 bridgehead atoms. The molecule has 1 aliphatic carbocycles. The number of allylic oxidation sites excluding steroid dienone is 2. The first kappa shape index (κ1) is 20.1. The van der Waals surface area contributed by atoms with E-state index in [0.717, 1.165) is 31.3 Å². The predicted octanol–water partition coefficient (Wildman–Crippen LogP) is 6.24. The second kappa shape index (κ2) is 8.01. The molecule has 0 spiro atoms. The first-order chi connectivity index (χ1) is 11.7. The van der Waals surface area contributed by atoms with Crippen molar-refractivity contribution in [1.82, 2.24) is 0 Å². The number of hydrogen-bond acceptors (Lipinski definition) is 2. The summed E-state index contributed by atoms with van der Waals surface area (Å²) in [7, 11) is -1.74. The maximum absolute atomic E-state index is 12.9. The molecule has 3 heteroatoms. The van der Waals surface area contributed by atoms with E-state index >= 15 is 0 Å². The molecule has 0 radical (unpaired) electrons. The highest BCUT2D eigenvalue weighted by Crippen LogP contribution is 2.40. The average molecular weight is 359 g/mol. The third kappa shape index (κ3) is 4.71. The van der Waals surface area contributed by atoms with Crippen LogP contribution in [0.5, 0.6) is 0 Å². The summed E-state index contributed by atoms with van der Waals surface area (Å²) in [6.45, 7) is 14.2. The molecule has 0 amide bonds. The molecule has 25 heavy (non-hydrogen) atoms. The second-order valence-electron chi connectivity index (χ2n) is 8.74. The van der Waals surface area contributed by atoms with E-state index in [4.69, 9.17) is 4.43 Å². The molecule has 0 saturated carbocycles. The van der Waals surface area contributed by atoms with Gasteiger partial charge in [-0.3, -0.25) is 4.79 Å². The van der Waals surface area contributed by atoms with Crippen molar-refractivity contribution in [2.45, 2.75) is 71.5 Å². The normalized spacial score (nSPS) is 19.0. The summed E-state index contributed by atoms with van der Waals surface area (Å²) >= 11 is 0. The molecular weight excluding hydrogens is 324 g/mol. The number of hydrogen-bond donors (Lipinski definition) is 0. The number of ketones is 1. The zero-order chi connectivity index (χ0) is 18.7. The van der Waals surface area contributed by atoms with Crippen molar-refractivity contribution < 1.29 is 9.22 Å². The Hall–Kier alpha value is -1.19. The summed E-state index contributed by atoms with van der Waals surface area (Å²) in [6.07, 6.45) is 3.63. The van der Waals surface area contributed by atoms with Crippen LogP contribution in [-0.4, -0.2) is 20.7 Å². The molecule has 0 heterocycles. The van der Waals surface area contributed by atoms with E-state index in [0.29, 0.717) is 12.4 Å². The molecule has 1 atom stereocenters. The summed E-state index contributed by atoms with van der Waals surface area (Å²) in [5, 5.41) is 0.216. The smallest absolute Gasteiger partial charge is 0.191 e. The van der Waals surface area contributed by atoms with E-state index in [1.807, 2.05) is 6.07 Å².